The standard InChI is InChI=1S/C17H21F2NS/c1-4-7-20-16(17-12(5-2)6-8-21-17)13-10-14(18)11(3)9-15(13)19/h6,8-10,16,20H,4-5,7H2,1-3H3. The Bertz CT molecular complexity index is 607. The molecule has 0 spiro atoms. The largest absolute Gasteiger partial charge is 0.305 e. The lowest BCUT2D eigenvalue weighted by Crippen LogP contribution is -2.24. The quantitative estimate of drug-likeness (QED) is 0.793. The Morgan fingerprint density at radius 2 is 1.95 bits per heavy atom. The van der Waals surface area contributed by atoms with E-state index in [4.69, 9.17) is 0 Å². The van der Waals surface area contributed by atoms with Gasteiger partial charge in [-0.25, -0.2) is 8.78 Å². The fraction of sp³-hybridized carbons (Fsp3) is 0.412. The number of hydrogen-bond donors (Lipinski definition) is 1. The van der Waals surface area contributed by atoms with Crippen molar-refractivity contribution in [3.05, 3.63) is 56.8 Å². The number of rotatable bonds is 6. The number of halogens is 2. The van der Waals surface area contributed by atoms with Crippen LogP contribution < -0.4 is 5.32 Å². The molecule has 1 aromatic heterocycles. The van der Waals surface area contributed by atoms with Crippen molar-refractivity contribution in [3.63, 3.8) is 0 Å². The van der Waals surface area contributed by atoms with Crippen molar-refractivity contribution in [2.75, 3.05) is 6.54 Å². The molecule has 1 atom stereocenters. The van der Waals surface area contributed by atoms with Crippen molar-refractivity contribution < 1.29 is 8.78 Å². The van der Waals surface area contributed by atoms with Crippen LogP contribution in [0.1, 0.15) is 47.9 Å². The molecule has 0 bridgehead atoms. The number of nitrogens with one attached hydrogen (secondary N) is 1. The van der Waals surface area contributed by atoms with Crippen molar-refractivity contribution in [2.24, 2.45) is 0 Å². The first-order valence-corrected chi connectivity index (χ1v) is 8.21. The first-order chi connectivity index (χ1) is 10.1. The van der Waals surface area contributed by atoms with Gasteiger partial charge in [0.05, 0.1) is 6.04 Å². The van der Waals surface area contributed by atoms with E-state index in [1.807, 2.05) is 5.38 Å². The number of hydrogen-bond acceptors (Lipinski definition) is 2. The smallest absolute Gasteiger partial charge is 0.128 e. The zero-order valence-electron chi connectivity index (χ0n) is 12.7. The van der Waals surface area contributed by atoms with Gasteiger partial charge in [-0.1, -0.05) is 13.8 Å². The molecule has 0 aliphatic carbocycles. The fourth-order valence-electron chi connectivity index (χ4n) is 2.41. The highest BCUT2D eigenvalue weighted by molar-refractivity contribution is 7.10. The Kier molecular flexibility index (Phi) is 5.48. The summed E-state index contributed by atoms with van der Waals surface area (Å²) >= 11 is 1.59. The van der Waals surface area contributed by atoms with E-state index in [2.05, 4.69) is 25.2 Å². The van der Waals surface area contributed by atoms with E-state index in [-0.39, 0.29) is 17.7 Å². The first kappa shape index (κ1) is 16.1. The molecule has 114 valence electrons. The van der Waals surface area contributed by atoms with E-state index < -0.39 is 0 Å². The molecule has 0 radical (unpaired) electrons. The molecule has 1 heterocycles. The summed E-state index contributed by atoms with van der Waals surface area (Å²) in [6.45, 7) is 6.49. The molecular formula is C17H21F2NS. The second kappa shape index (κ2) is 7.14. The van der Waals surface area contributed by atoms with Crippen LogP contribution in [0.2, 0.25) is 0 Å². The third-order valence-electron chi connectivity index (χ3n) is 3.61. The summed E-state index contributed by atoms with van der Waals surface area (Å²) in [5, 5.41) is 5.37. The Morgan fingerprint density at radius 1 is 1.19 bits per heavy atom. The van der Waals surface area contributed by atoms with Gasteiger partial charge in [0.1, 0.15) is 11.6 Å². The highest BCUT2D eigenvalue weighted by atomic mass is 32.1. The zero-order chi connectivity index (χ0) is 15.4. The van der Waals surface area contributed by atoms with Crippen LogP contribution in [0, 0.1) is 18.6 Å². The van der Waals surface area contributed by atoms with Gasteiger partial charge in [-0.05, 0) is 61.0 Å². The SMILES string of the molecule is CCCNC(c1cc(F)c(C)cc1F)c1sccc1CC. The minimum absolute atomic E-state index is 0.282. The minimum Gasteiger partial charge on any atom is -0.305 e. The highest BCUT2D eigenvalue weighted by Crippen LogP contribution is 2.32. The van der Waals surface area contributed by atoms with E-state index in [1.54, 1.807) is 18.3 Å². The van der Waals surface area contributed by atoms with Crippen LogP contribution in [0.15, 0.2) is 23.6 Å². The second-order valence-corrected chi connectivity index (χ2v) is 6.12. The van der Waals surface area contributed by atoms with E-state index in [9.17, 15) is 8.78 Å². The maximum Gasteiger partial charge on any atom is 0.128 e. The van der Waals surface area contributed by atoms with Crippen molar-refractivity contribution >= 4 is 11.3 Å². The van der Waals surface area contributed by atoms with Gasteiger partial charge < -0.3 is 5.32 Å². The monoisotopic (exact) mass is 309 g/mol. The van der Waals surface area contributed by atoms with Crippen LogP contribution in [-0.2, 0) is 6.42 Å². The minimum atomic E-state index is -0.357. The summed E-state index contributed by atoms with van der Waals surface area (Å²) < 4.78 is 28.2. The van der Waals surface area contributed by atoms with Crippen molar-refractivity contribution in [1.82, 2.24) is 5.32 Å². The normalized spacial score (nSPS) is 12.6. The van der Waals surface area contributed by atoms with Gasteiger partial charge in [-0.3, -0.25) is 0 Å². The molecule has 2 rings (SSSR count). The lowest BCUT2D eigenvalue weighted by molar-refractivity contribution is 0.534. The molecule has 1 nitrogen and oxygen atoms in total. The van der Waals surface area contributed by atoms with Gasteiger partial charge in [-0.2, -0.15) is 0 Å². The predicted molar refractivity (Wildman–Crippen MR) is 84.9 cm³/mol. The summed E-state index contributed by atoms with van der Waals surface area (Å²) in [7, 11) is 0. The lowest BCUT2D eigenvalue weighted by atomic mass is 9.99. The van der Waals surface area contributed by atoms with Gasteiger partial charge in [0.15, 0.2) is 0 Å². The Morgan fingerprint density at radius 3 is 2.62 bits per heavy atom. The maximum absolute atomic E-state index is 14.3. The summed E-state index contributed by atoms with van der Waals surface area (Å²) in [5.74, 6) is -0.706. The van der Waals surface area contributed by atoms with Gasteiger partial charge in [0.2, 0.25) is 0 Å². The summed E-state index contributed by atoms with van der Waals surface area (Å²) in [6, 6.07) is 4.39. The molecular weight excluding hydrogens is 288 g/mol. The molecule has 1 unspecified atom stereocenters. The summed E-state index contributed by atoms with van der Waals surface area (Å²) in [4.78, 5) is 1.08. The predicted octanol–water partition coefficient (Wildman–Crippen LogP) is 4.99. The number of aryl methyl sites for hydroxylation is 2. The molecule has 0 aliphatic heterocycles. The van der Waals surface area contributed by atoms with E-state index >= 15 is 0 Å². The van der Waals surface area contributed by atoms with Crippen LogP contribution in [0.4, 0.5) is 8.78 Å². The molecule has 0 saturated carbocycles. The zero-order valence-corrected chi connectivity index (χ0v) is 13.5. The second-order valence-electron chi connectivity index (χ2n) is 5.17. The average molecular weight is 309 g/mol. The third kappa shape index (κ3) is 3.50. The maximum atomic E-state index is 14.3. The molecule has 0 amide bonds. The molecule has 2 aromatic rings. The van der Waals surface area contributed by atoms with E-state index in [0.29, 0.717) is 11.1 Å². The van der Waals surface area contributed by atoms with Gasteiger partial charge in [0, 0.05) is 10.4 Å². The molecule has 0 saturated heterocycles. The van der Waals surface area contributed by atoms with Crippen molar-refractivity contribution in [1.29, 1.82) is 0 Å². The Balaban J connectivity index is 2.48. The van der Waals surface area contributed by atoms with Gasteiger partial charge in [-0.15, -0.1) is 11.3 Å². The molecule has 1 N–H and O–H groups in total. The molecule has 21 heavy (non-hydrogen) atoms. The summed E-state index contributed by atoms with van der Waals surface area (Å²) in [5.41, 5.74) is 1.92. The molecule has 4 heteroatoms. The van der Waals surface area contributed by atoms with Crippen molar-refractivity contribution in [2.45, 2.75) is 39.7 Å². The lowest BCUT2D eigenvalue weighted by Gasteiger charge is -2.20. The van der Waals surface area contributed by atoms with Gasteiger partial charge >= 0.3 is 0 Å². The van der Waals surface area contributed by atoms with Crippen LogP contribution in [0.3, 0.4) is 0 Å². The highest BCUT2D eigenvalue weighted by Gasteiger charge is 2.22. The van der Waals surface area contributed by atoms with Crippen LogP contribution >= 0.6 is 11.3 Å². The van der Waals surface area contributed by atoms with Crippen LogP contribution in [-0.4, -0.2) is 6.54 Å². The van der Waals surface area contributed by atoms with Crippen LogP contribution in [0.25, 0.3) is 0 Å². The average Bonchev–Trinajstić information content (AvgIpc) is 2.93. The first-order valence-electron chi connectivity index (χ1n) is 7.33. The van der Waals surface area contributed by atoms with E-state index in [1.165, 1.54) is 17.7 Å². The fourth-order valence-corrected chi connectivity index (χ4v) is 3.50. The number of thiophene rings is 1. The molecule has 1 aromatic carbocycles. The van der Waals surface area contributed by atoms with Crippen LogP contribution in [0.5, 0.6) is 0 Å². The molecule has 0 aliphatic rings. The van der Waals surface area contributed by atoms with E-state index in [0.717, 1.165) is 24.3 Å². The molecule has 0 fully saturated rings. The summed E-state index contributed by atoms with van der Waals surface area (Å²) in [6.07, 6.45) is 1.83. The van der Waals surface area contributed by atoms with Crippen molar-refractivity contribution in [3.8, 4) is 0 Å². The Labute approximate surface area is 129 Å². The van der Waals surface area contributed by atoms with Gasteiger partial charge in [0.25, 0.3) is 0 Å². The third-order valence-corrected chi connectivity index (χ3v) is 4.64. The number of benzene rings is 1. The topological polar surface area (TPSA) is 12.0 Å². The Hall–Kier alpha value is -1.26.